The largest absolute Gasteiger partial charge is 0.439 e. The van der Waals surface area contributed by atoms with Gasteiger partial charge in [-0.25, -0.2) is 4.98 Å². The number of nitrogens with zero attached hydrogens (tertiary/aromatic N) is 1. The number of pyridine rings is 1. The maximum absolute atomic E-state index is 12.3. The van der Waals surface area contributed by atoms with Crippen molar-refractivity contribution in [2.24, 2.45) is 5.92 Å². The molecule has 1 saturated heterocycles. The van der Waals surface area contributed by atoms with E-state index in [4.69, 9.17) is 9.47 Å². The van der Waals surface area contributed by atoms with E-state index in [1.807, 2.05) is 31.2 Å². The summed E-state index contributed by atoms with van der Waals surface area (Å²) < 4.78 is 12.0. The maximum atomic E-state index is 12.3. The number of nitrogens with one attached hydrogen (secondary N) is 1. The monoisotopic (exact) mass is 390 g/mol. The van der Waals surface area contributed by atoms with Gasteiger partial charge in [0.1, 0.15) is 5.75 Å². The SMILES string of the molecule is CC(NC(=O)c1ccc(Oc2ccc(Br)cc2)nc1)C1CCOC1. The van der Waals surface area contributed by atoms with Gasteiger partial charge in [-0.1, -0.05) is 15.9 Å². The summed E-state index contributed by atoms with van der Waals surface area (Å²) in [4.78, 5) is 16.5. The Labute approximate surface area is 149 Å². The molecule has 0 saturated carbocycles. The number of carbonyl (C=O) groups excluding carboxylic acids is 1. The van der Waals surface area contributed by atoms with Crippen molar-refractivity contribution in [3.8, 4) is 11.6 Å². The zero-order valence-electron chi connectivity index (χ0n) is 13.4. The third-order valence-electron chi connectivity index (χ3n) is 4.07. The van der Waals surface area contributed by atoms with Crippen LogP contribution in [0.25, 0.3) is 0 Å². The Morgan fingerprint density at radius 3 is 2.75 bits per heavy atom. The van der Waals surface area contributed by atoms with Gasteiger partial charge < -0.3 is 14.8 Å². The molecule has 0 aliphatic carbocycles. The Morgan fingerprint density at radius 1 is 1.33 bits per heavy atom. The molecule has 0 spiro atoms. The zero-order chi connectivity index (χ0) is 16.9. The number of hydrogen-bond donors (Lipinski definition) is 1. The van der Waals surface area contributed by atoms with Crippen LogP contribution in [-0.4, -0.2) is 30.1 Å². The predicted molar refractivity (Wildman–Crippen MR) is 94.3 cm³/mol. The second kappa shape index (κ2) is 7.77. The molecule has 1 fully saturated rings. The molecule has 2 atom stereocenters. The molecule has 2 aromatic rings. The number of ether oxygens (including phenoxy) is 2. The molecule has 0 bridgehead atoms. The van der Waals surface area contributed by atoms with Crippen LogP contribution >= 0.6 is 15.9 Å². The number of halogens is 1. The summed E-state index contributed by atoms with van der Waals surface area (Å²) in [6.07, 6.45) is 2.51. The number of carbonyl (C=O) groups is 1. The van der Waals surface area contributed by atoms with Crippen molar-refractivity contribution in [1.82, 2.24) is 10.3 Å². The van der Waals surface area contributed by atoms with Gasteiger partial charge in [-0.05, 0) is 43.7 Å². The number of rotatable bonds is 5. The fourth-order valence-electron chi connectivity index (χ4n) is 2.55. The van der Waals surface area contributed by atoms with Gasteiger partial charge in [0.15, 0.2) is 0 Å². The number of aromatic nitrogens is 1. The quantitative estimate of drug-likeness (QED) is 0.843. The van der Waals surface area contributed by atoms with Crippen LogP contribution in [0.3, 0.4) is 0 Å². The molecule has 126 valence electrons. The molecule has 1 amide bonds. The summed E-state index contributed by atoms with van der Waals surface area (Å²) in [7, 11) is 0. The van der Waals surface area contributed by atoms with Crippen LogP contribution in [0.5, 0.6) is 11.6 Å². The van der Waals surface area contributed by atoms with Gasteiger partial charge in [0.05, 0.1) is 12.2 Å². The molecule has 1 aromatic carbocycles. The van der Waals surface area contributed by atoms with E-state index in [1.54, 1.807) is 12.1 Å². The zero-order valence-corrected chi connectivity index (χ0v) is 15.0. The van der Waals surface area contributed by atoms with Crippen molar-refractivity contribution in [3.63, 3.8) is 0 Å². The van der Waals surface area contributed by atoms with Crippen LogP contribution in [-0.2, 0) is 4.74 Å². The molecule has 6 heteroatoms. The first-order valence-electron chi connectivity index (χ1n) is 7.90. The minimum atomic E-state index is -0.128. The lowest BCUT2D eigenvalue weighted by molar-refractivity contribution is 0.0922. The van der Waals surface area contributed by atoms with Crippen molar-refractivity contribution in [1.29, 1.82) is 0 Å². The molecular formula is C18H19BrN2O3. The van der Waals surface area contributed by atoms with Gasteiger partial charge in [0, 0.05) is 35.3 Å². The lowest BCUT2D eigenvalue weighted by Gasteiger charge is -2.19. The second-order valence-corrected chi connectivity index (χ2v) is 6.74. The average Bonchev–Trinajstić information content (AvgIpc) is 3.12. The van der Waals surface area contributed by atoms with Crippen molar-refractivity contribution in [2.75, 3.05) is 13.2 Å². The third-order valence-corrected chi connectivity index (χ3v) is 4.59. The molecule has 5 nitrogen and oxygen atoms in total. The van der Waals surface area contributed by atoms with Crippen molar-refractivity contribution in [3.05, 3.63) is 52.6 Å². The van der Waals surface area contributed by atoms with Crippen LogP contribution in [0.2, 0.25) is 0 Å². The maximum Gasteiger partial charge on any atom is 0.253 e. The Balaban J connectivity index is 1.59. The van der Waals surface area contributed by atoms with Gasteiger partial charge in [-0.3, -0.25) is 4.79 Å². The van der Waals surface area contributed by atoms with Crippen LogP contribution in [0.15, 0.2) is 47.1 Å². The van der Waals surface area contributed by atoms with E-state index in [2.05, 4.69) is 26.2 Å². The van der Waals surface area contributed by atoms with E-state index < -0.39 is 0 Å². The van der Waals surface area contributed by atoms with Crippen LogP contribution in [0.1, 0.15) is 23.7 Å². The second-order valence-electron chi connectivity index (χ2n) is 5.83. The molecule has 1 aliphatic heterocycles. The summed E-state index contributed by atoms with van der Waals surface area (Å²) in [6.45, 7) is 3.49. The molecule has 0 radical (unpaired) electrons. The number of hydrogen-bond acceptors (Lipinski definition) is 4. The summed E-state index contributed by atoms with van der Waals surface area (Å²) in [5.74, 6) is 1.39. The van der Waals surface area contributed by atoms with E-state index >= 15 is 0 Å². The van der Waals surface area contributed by atoms with E-state index in [1.165, 1.54) is 6.20 Å². The smallest absolute Gasteiger partial charge is 0.253 e. The topological polar surface area (TPSA) is 60.5 Å². The Bertz CT molecular complexity index is 682. The lowest BCUT2D eigenvalue weighted by atomic mass is 10.0. The van der Waals surface area contributed by atoms with Gasteiger partial charge >= 0.3 is 0 Å². The van der Waals surface area contributed by atoms with Crippen LogP contribution in [0.4, 0.5) is 0 Å². The standard InChI is InChI=1S/C18H19BrN2O3/c1-12(14-8-9-23-11-14)21-18(22)13-2-7-17(20-10-13)24-16-5-3-15(19)4-6-16/h2-7,10,12,14H,8-9,11H2,1H3,(H,21,22). The first kappa shape index (κ1) is 16.9. The number of benzene rings is 1. The molecule has 1 aromatic heterocycles. The number of amides is 1. The van der Waals surface area contributed by atoms with E-state index in [0.717, 1.165) is 17.5 Å². The minimum Gasteiger partial charge on any atom is -0.439 e. The van der Waals surface area contributed by atoms with Crippen molar-refractivity contribution >= 4 is 21.8 Å². The molecule has 1 N–H and O–H groups in total. The first-order chi connectivity index (χ1) is 11.6. The summed E-state index contributed by atoms with van der Waals surface area (Å²) >= 11 is 3.38. The molecule has 2 unspecified atom stereocenters. The van der Waals surface area contributed by atoms with E-state index in [0.29, 0.717) is 29.7 Å². The molecule has 3 rings (SSSR count). The highest BCUT2D eigenvalue weighted by Gasteiger charge is 2.23. The Morgan fingerprint density at radius 2 is 2.12 bits per heavy atom. The molecule has 1 aliphatic rings. The molecule has 2 heterocycles. The van der Waals surface area contributed by atoms with Gasteiger partial charge in [0.25, 0.3) is 5.91 Å². The highest BCUT2D eigenvalue weighted by Crippen LogP contribution is 2.22. The van der Waals surface area contributed by atoms with Crippen LogP contribution < -0.4 is 10.1 Å². The summed E-state index contributed by atoms with van der Waals surface area (Å²) in [5.41, 5.74) is 0.518. The highest BCUT2D eigenvalue weighted by molar-refractivity contribution is 9.10. The van der Waals surface area contributed by atoms with Crippen molar-refractivity contribution in [2.45, 2.75) is 19.4 Å². The van der Waals surface area contributed by atoms with E-state index in [9.17, 15) is 4.79 Å². The average molecular weight is 391 g/mol. The van der Waals surface area contributed by atoms with Crippen LogP contribution in [0, 0.1) is 5.92 Å². The highest BCUT2D eigenvalue weighted by atomic mass is 79.9. The van der Waals surface area contributed by atoms with E-state index in [-0.39, 0.29) is 11.9 Å². The minimum absolute atomic E-state index is 0.0821. The van der Waals surface area contributed by atoms with Crippen molar-refractivity contribution < 1.29 is 14.3 Å². The fraction of sp³-hybridized carbons (Fsp3) is 0.333. The summed E-state index contributed by atoms with van der Waals surface area (Å²) in [5, 5.41) is 3.01. The predicted octanol–water partition coefficient (Wildman–Crippen LogP) is 3.79. The lowest BCUT2D eigenvalue weighted by Crippen LogP contribution is -2.38. The fourth-order valence-corrected chi connectivity index (χ4v) is 2.82. The first-order valence-corrected chi connectivity index (χ1v) is 8.69. The normalized spacial score (nSPS) is 18.2. The summed E-state index contributed by atoms with van der Waals surface area (Å²) in [6, 6.07) is 11.0. The van der Waals surface area contributed by atoms with Gasteiger partial charge in [-0.15, -0.1) is 0 Å². The molecular weight excluding hydrogens is 372 g/mol. The third kappa shape index (κ3) is 4.33. The Kier molecular flexibility index (Phi) is 5.48. The Hall–Kier alpha value is -1.92. The van der Waals surface area contributed by atoms with Gasteiger partial charge in [0.2, 0.25) is 5.88 Å². The molecule has 24 heavy (non-hydrogen) atoms. The van der Waals surface area contributed by atoms with Gasteiger partial charge in [-0.2, -0.15) is 0 Å².